The third kappa shape index (κ3) is 2.85. The first kappa shape index (κ1) is 16.3. The molecule has 1 aliphatic rings. The minimum Gasteiger partial charge on any atom is -0.342 e. The molecule has 4 heteroatoms. The Morgan fingerprint density at radius 2 is 2.00 bits per heavy atom. The number of likely N-dealkylation sites (N-methyl/N-ethyl adjacent to an activating group) is 1. The van der Waals surface area contributed by atoms with Gasteiger partial charge in [0.1, 0.15) is 0 Å². The maximum atomic E-state index is 4.51. The standard InChI is InChI=1S/C21H26N4/c1-15-5-6-16(11-23-15)21(2,3)14-25-19-7-9-22-12-18(19)17-8-10-24(4)13-20(17)25/h5-7,9,11-12H,8,10,13-14H2,1-4H3. The Kier molecular flexibility index (Phi) is 3.88. The van der Waals surface area contributed by atoms with Gasteiger partial charge in [-0.25, -0.2) is 0 Å². The van der Waals surface area contributed by atoms with Crippen molar-refractivity contribution in [2.24, 2.45) is 0 Å². The van der Waals surface area contributed by atoms with Crippen LogP contribution in [0.3, 0.4) is 0 Å². The number of rotatable bonds is 3. The van der Waals surface area contributed by atoms with Crippen LogP contribution < -0.4 is 0 Å². The number of nitrogens with zero attached hydrogens (tertiary/aromatic N) is 4. The van der Waals surface area contributed by atoms with Crippen molar-refractivity contribution in [2.75, 3.05) is 13.6 Å². The molecule has 3 aromatic rings. The van der Waals surface area contributed by atoms with Crippen LogP contribution in [0.2, 0.25) is 0 Å². The van der Waals surface area contributed by atoms with E-state index in [9.17, 15) is 0 Å². The Hall–Kier alpha value is -2.20. The van der Waals surface area contributed by atoms with Crippen LogP contribution in [0.15, 0.2) is 36.8 Å². The fourth-order valence-corrected chi connectivity index (χ4v) is 3.95. The zero-order chi connectivity index (χ0) is 17.6. The summed E-state index contributed by atoms with van der Waals surface area (Å²) in [6, 6.07) is 6.49. The molecule has 0 amide bonds. The summed E-state index contributed by atoms with van der Waals surface area (Å²) in [5.41, 5.74) is 6.61. The SMILES string of the molecule is Cc1ccc(C(C)(C)Cn2c3c(c4cnccc42)CCN(C)C3)cn1. The molecule has 3 aromatic heterocycles. The first-order valence-corrected chi connectivity index (χ1v) is 9.01. The minimum atomic E-state index is 0.0136. The van der Waals surface area contributed by atoms with Gasteiger partial charge in [-0.2, -0.15) is 0 Å². The Morgan fingerprint density at radius 3 is 2.76 bits per heavy atom. The van der Waals surface area contributed by atoms with E-state index in [4.69, 9.17) is 0 Å². The molecule has 25 heavy (non-hydrogen) atoms. The summed E-state index contributed by atoms with van der Waals surface area (Å²) < 4.78 is 2.52. The third-order valence-electron chi connectivity index (χ3n) is 5.50. The molecule has 0 saturated carbocycles. The highest BCUT2D eigenvalue weighted by Gasteiger charge is 2.28. The van der Waals surface area contributed by atoms with E-state index >= 15 is 0 Å². The molecule has 0 atom stereocenters. The Bertz CT molecular complexity index is 906. The smallest absolute Gasteiger partial charge is 0.0517 e. The molecular weight excluding hydrogens is 308 g/mol. The normalized spacial score (nSPS) is 15.5. The Morgan fingerprint density at radius 1 is 1.16 bits per heavy atom. The zero-order valence-electron chi connectivity index (χ0n) is 15.6. The summed E-state index contributed by atoms with van der Waals surface area (Å²) in [6.45, 7) is 9.73. The number of aromatic nitrogens is 3. The molecule has 1 aliphatic heterocycles. The first-order chi connectivity index (χ1) is 12.0. The van der Waals surface area contributed by atoms with Crippen LogP contribution in [0.1, 0.15) is 36.4 Å². The third-order valence-corrected chi connectivity index (χ3v) is 5.50. The molecular formula is C21H26N4. The second-order valence-corrected chi connectivity index (χ2v) is 7.96. The molecule has 4 heterocycles. The lowest BCUT2D eigenvalue weighted by Gasteiger charge is -2.30. The van der Waals surface area contributed by atoms with E-state index in [1.54, 1.807) is 0 Å². The Labute approximate surface area is 149 Å². The van der Waals surface area contributed by atoms with Gasteiger partial charge < -0.3 is 9.47 Å². The summed E-state index contributed by atoms with van der Waals surface area (Å²) in [4.78, 5) is 11.3. The van der Waals surface area contributed by atoms with Crippen molar-refractivity contribution in [1.82, 2.24) is 19.4 Å². The van der Waals surface area contributed by atoms with E-state index < -0.39 is 0 Å². The van der Waals surface area contributed by atoms with Crippen LogP contribution >= 0.6 is 0 Å². The zero-order valence-corrected chi connectivity index (χ0v) is 15.6. The topological polar surface area (TPSA) is 34.0 Å². The van der Waals surface area contributed by atoms with Crippen LogP contribution in [0.4, 0.5) is 0 Å². The molecule has 0 unspecified atom stereocenters. The number of hydrogen-bond donors (Lipinski definition) is 0. The largest absolute Gasteiger partial charge is 0.342 e. The van der Waals surface area contributed by atoms with E-state index in [1.165, 1.54) is 27.7 Å². The molecule has 0 bridgehead atoms. The van der Waals surface area contributed by atoms with E-state index in [-0.39, 0.29) is 5.41 Å². The lowest BCUT2D eigenvalue weighted by Crippen LogP contribution is -2.31. The van der Waals surface area contributed by atoms with Gasteiger partial charge in [-0.3, -0.25) is 9.97 Å². The fraction of sp³-hybridized carbons (Fsp3) is 0.429. The van der Waals surface area contributed by atoms with Gasteiger partial charge in [-0.1, -0.05) is 19.9 Å². The van der Waals surface area contributed by atoms with Gasteiger partial charge >= 0.3 is 0 Å². The van der Waals surface area contributed by atoms with Crippen molar-refractivity contribution in [3.8, 4) is 0 Å². The molecule has 0 aliphatic carbocycles. The second-order valence-electron chi connectivity index (χ2n) is 7.96. The van der Waals surface area contributed by atoms with E-state index in [2.05, 4.69) is 58.5 Å². The number of pyridine rings is 2. The van der Waals surface area contributed by atoms with Crippen LogP contribution in [-0.4, -0.2) is 33.0 Å². The molecule has 4 nitrogen and oxygen atoms in total. The molecule has 0 fully saturated rings. The van der Waals surface area contributed by atoms with Gasteiger partial charge in [0.15, 0.2) is 0 Å². The molecule has 0 spiro atoms. The van der Waals surface area contributed by atoms with Gasteiger partial charge in [0.2, 0.25) is 0 Å². The van der Waals surface area contributed by atoms with E-state index in [0.29, 0.717) is 0 Å². The molecule has 130 valence electrons. The van der Waals surface area contributed by atoms with Crippen molar-refractivity contribution in [2.45, 2.75) is 45.7 Å². The fourth-order valence-electron chi connectivity index (χ4n) is 3.95. The first-order valence-electron chi connectivity index (χ1n) is 9.01. The van der Waals surface area contributed by atoms with Gasteiger partial charge in [-0.05, 0) is 43.7 Å². The maximum Gasteiger partial charge on any atom is 0.0517 e. The second kappa shape index (κ2) is 5.95. The number of fused-ring (bicyclic) bond motifs is 3. The van der Waals surface area contributed by atoms with Gasteiger partial charge in [0.25, 0.3) is 0 Å². The van der Waals surface area contributed by atoms with Crippen molar-refractivity contribution in [1.29, 1.82) is 0 Å². The highest BCUT2D eigenvalue weighted by molar-refractivity contribution is 5.85. The highest BCUT2D eigenvalue weighted by atomic mass is 15.1. The van der Waals surface area contributed by atoms with Crippen LogP contribution in [-0.2, 0) is 24.9 Å². The quantitative estimate of drug-likeness (QED) is 0.732. The van der Waals surface area contributed by atoms with Crippen molar-refractivity contribution in [3.63, 3.8) is 0 Å². The van der Waals surface area contributed by atoms with Gasteiger partial charge in [0, 0.05) is 60.4 Å². The van der Waals surface area contributed by atoms with Gasteiger partial charge in [-0.15, -0.1) is 0 Å². The van der Waals surface area contributed by atoms with Crippen LogP contribution in [0.5, 0.6) is 0 Å². The van der Waals surface area contributed by atoms with Gasteiger partial charge in [0.05, 0.1) is 5.52 Å². The highest BCUT2D eigenvalue weighted by Crippen LogP contribution is 2.34. The van der Waals surface area contributed by atoms with E-state index in [1.807, 2.05) is 25.5 Å². The average molecular weight is 334 g/mol. The number of hydrogen-bond acceptors (Lipinski definition) is 3. The summed E-state index contributed by atoms with van der Waals surface area (Å²) in [6.07, 6.45) is 7.08. The maximum absolute atomic E-state index is 4.51. The summed E-state index contributed by atoms with van der Waals surface area (Å²) in [5, 5.41) is 1.32. The molecule has 0 N–H and O–H groups in total. The monoisotopic (exact) mass is 334 g/mol. The predicted molar refractivity (Wildman–Crippen MR) is 102 cm³/mol. The average Bonchev–Trinajstić information content (AvgIpc) is 2.88. The molecule has 4 rings (SSSR count). The van der Waals surface area contributed by atoms with Crippen LogP contribution in [0.25, 0.3) is 10.9 Å². The lowest BCUT2D eigenvalue weighted by atomic mass is 9.85. The summed E-state index contributed by atoms with van der Waals surface area (Å²) in [7, 11) is 2.21. The number of aryl methyl sites for hydroxylation is 1. The predicted octanol–water partition coefficient (Wildman–Crippen LogP) is 3.71. The van der Waals surface area contributed by atoms with E-state index in [0.717, 1.165) is 31.7 Å². The van der Waals surface area contributed by atoms with Crippen molar-refractivity contribution >= 4 is 10.9 Å². The Balaban J connectivity index is 1.81. The van der Waals surface area contributed by atoms with Crippen molar-refractivity contribution < 1.29 is 0 Å². The summed E-state index contributed by atoms with van der Waals surface area (Å²) in [5.74, 6) is 0. The summed E-state index contributed by atoms with van der Waals surface area (Å²) >= 11 is 0. The minimum absolute atomic E-state index is 0.0136. The molecule has 0 aromatic carbocycles. The van der Waals surface area contributed by atoms with Crippen LogP contribution in [0, 0.1) is 6.92 Å². The molecule has 0 saturated heterocycles. The van der Waals surface area contributed by atoms with Crippen molar-refractivity contribution in [3.05, 3.63) is 59.3 Å². The lowest BCUT2D eigenvalue weighted by molar-refractivity contribution is 0.297. The molecule has 0 radical (unpaired) electrons.